The average molecular weight is 310 g/mol. The molecule has 0 radical (unpaired) electrons. The van der Waals surface area contributed by atoms with Crippen LogP contribution >= 0.6 is 0 Å². The van der Waals surface area contributed by atoms with Crippen LogP contribution in [0, 0.1) is 13.8 Å². The molecule has 2 rings (SSSR count). The van der Waals surface area contributed by atoms with E-state index >= 15 is 0 Å². The first-order valence-electron chi connectivity index (χ1n) is 7.05. The Morgan fingerprint density at radius 1 is 1.29 bits per heavy atom. The first-order valence-corrected chi connectivity index (χ1v) is 8.49. The van der Waals surface area contributed by atoms with Crippen LogP contribution in [0.4, 0.5) is 0 Å². The summed E-state index contributed by atoms with van der Waals surface area (Å²) in [5.74, 6) is -0.151. The summed E-state index contributed by atoms with van der Waals surface area (Å²) < 4.78 is 27.2. The lowest BCUT2D eigenvalue weighted by atomic mass is 10.2. The first-order chi connectivity index (χ1) is 9.75. The summed E-state index contributed by atoms with van der Waals surface area (Å²) in [7, 11) is -0.322. The molecule has 0 bridgehead atoms. The lowest BCUT2D eigenvalue weighted by Crippen LogP contribution is -2.45. The average Bonchev–Trinajstić information content (AvgIpc) is 2.90. The van der Waals surface area contributed by atoms with E-state index in [4.69, 9.17) is 0 Å². The van der Waals surface area contributed by atoms with Crippen LogP contribution in [0.3, 0.4) is 0 Å². The third kappa shape index (κ3) is 2.96. The number of benzene rings is 1. The predicted molar refractivity (Wildman–Crippen MR) is 81.5 cm³/mol. The summed E-state index contributed by atoms with van der Waals surface area (Å²) in [5.41, 5.74) is 1.61. The smallest absolute Gasteiger partial charge is 0.244 e. The zero-order valence-electron chi connectivity index (χ0n) is 13.0. The third-order valence-corrected chi connectivity index (χ3v) is 5.91. The fourth-order valence-corrected chi connectivity index (χ4v) is 4.65. The highest BCUT2D eigenvalue weighted by molar-refractivity contribution is 7.89. The number of nitrogens with zero attached hydrogens (tertiary/aromatic N) is 2. The van der Waals surface area contributed by atoms with E-state index in [2.05, 4.69) is 0 Å². The van der Waals surface area contributed by atoms with Crippen LogP contribution in [0.1, 0.15) is 24.0 Å². The number of hydrogen-bond acceptors (Lipinski definition) is 3. The maximum absolute atomic E-state index is 12.9. The Balaban J connectivity index is 2.43. The van der Waals surface area contributed by atoms with Gasteiger partial charge in [-0.25, -0.2) is 8.42 Å². The van der Waals surface area contributed by atoms with Crippen LogP contribution in [0.25, 0.3) is 0 Å². The van der Waals surface area contributed by atoms with Gasteiger partial charge in [0.05, 0.1) is 4.90 Å². The quantitative estimate of drug-likeness (QED) is 0.851. The fraction of sp³-hybridized carbons (Fsp3) is 0.533. The molecule has 0 saturated carbocycles. The molecule has 5 nitrogen and oxygen atoms in total. The second kappa shape index (κ2) is 5.77. The normalized spacial score (nSPS) is 19.7. The maximum Gasteiger partial charge on any atom is 0.244 e. The minimum atomic E-state index is -3.63. The zero-order chi connectivity index (χ0) is 15.8. The molecule has 0 N–H and O–H groups in total. The molecular formula is C15H22N2O3S. The topological polar surface area (TPSA) is 57.7 Å². The van der Waals surface area contributed by atoms with Crippen LogP contribution in [0.5, 0.6) is 0 Å². The Bertz CT molecular complexity index is 653. The van der Waals surface area contributed by atoms with Crippen molar-refractivity contribution in [3.63, 3.8) is 0 Å². The Morgan fingerprint density at radius 3 is 2.57 bits per heavy atom. The van der Waals surface area contributed by atoms with E-state index < -0.39 is 16.1 Å². The summed E-state index contributed by atoms with van der Waals surface area (Å²) in [6.45, 7) is 4.05. The third-order valence-electron chi connectivity index (χ3n) is 3.86. The van der Waals surface area contributed by atoms with Crippen LogP contribution in [0.15, 0.2) is 23.1 Å². The van der Waals surface area contributed by atoms with E-state index in [0.717, 1.165) is 5.56 Å². The van der Waals surface area contributed by atoms with Gasteiger partial charge >= 0.3 is 0 Å². The molecule has 0 aromatic heterocycles. The molecule has 6 heteroatoms. The molecule has 1 aromatic carbocycles. The Hall–Kier alpha value is -1.40. The van der Waals surface area contributed by atoms with E-state index in [-0.39, 0.29) is 5.91 Å². The summed E-state index contributed by atoms with van der Waals surface area (Å²) in [6.07, 6.45) is 1.30. The van der Waals surface area contributed by atoms with Crippen LogP contribution < -0.4 is 0 Å². The second-order valence-corrected chi connectivity index (χ2v) is 7.63. The van der Waals surface area contributed by atoms with Gasteiger partial charge in [0, 0.05) is 20.6 Å². The summed E-state index contributed by atoms with van der Waals surface area (Å²) in [6, 6.07) is 4.80. The van der Waals surface area contributed by atoms with Gasteiger partial charge in [-0.1, -0.05) is 12.1 Å². The van der Waals surface area contributed by atoms with Crippen molar-refractivity contribution in [3.8, 4) is 0 Å². The Labute approximate surface area is 126 Å². The van der Waals surface area contributed by atoms with Gasteiger partial charge in [0.25, 0.3) is 0 Å². The molecule has 1 aromatic rings. The molecule has 1 aliphatic heterocycles. The Kier molecular flexibility index (Phi) is 4.39. The van der Waals surface area contributed by atoms with Crippen molar-refractivity contribution in [2.45, 2.75) is 37.6 Å². The molecule has 1 fully saturated rings. The molecule has 0 aliphatic carbocycles. The number of rotatable bonds is 3. The number of hydrogen-bond donors (Lipinski definition) is 0. The van der Waals surface area contributed by atoms with Gasteiger partial charge in [0.15, 0.2) is 0 Å². The van der Waals surface area contributed by atoms with Crippen molar-refractivity contribution >= 4 is 15.9 Å². The second-order valence-electron chi connectivity index (χ2n) is 5.78. The van der Waals surface area contributed by atoms with Gasteiger partial charge in [-0.2, -0.15) is 4.31 Å². The molecule has 1 heterocycles. The van der Waals surface area contributed by atoms with Gasteiger partial charge in [0.2, 0.25) is 15.9 Å². The molecular weight excluding hydrogens is 288 g/mol. The van der Waals surface area contributed by atoms with Crippen LogP contribution in [-0.4, -0.2) is 50.2 Å². The van der Waals surface area contributed by atoms with E-state index in [0.29, 0.717) is 29.8 Å². The summed E-state index contributed by atoms with van der Waals surface area (Å²) >= 11 is 0. The lowest BCUT2D eigenvalue weighted by molar-refractivity contribution is -0.132. The maximum atomic E-state index is 12.9. The number of likely N-dealkylation sites (N-methyl/N-ethyl adjacent to an activating group) is 1. The van der Waals surface area contributed by atoms with E-state index in [1.807, 2.05) is 13.0 Å². The number of carbonyl (C=O) groups is 1. The number of sulfonamides is 1. The van der Waals surface area contributed by atoms with Gasteiger partial charge in [-0.3, -0.25) is 4.79 Å². The standard InChI is InChI=1S/C15H22N2O3S/c1-11-7-8-12(2)14(10-11)21(19,20)17-9-5-6-13(17)15(18)16(3)4/h7-8,10,13H,5-6,9H2,1-4H3. The van der Waals surface area contributed by atoms with Gasteiger partial charge in [-0.05, 0) is 43.9 Å². The van der Waals surface area contributed by atoms with E-state index in [9.17, 15) is 13.2 Å². The number of amides is 1. The fourth-order valence-electron chi connectivity index (χ4n) is 2.68. The molecule has 1 atom stereocenters. The summed E-state index contributed by atoms with van der Waals surface area (Å²) in [5, 5.41) is 0. The highest BCUT2D eigenvalue weighted by Gasteiger charge is 2.40. The molecule has 1 aliphatic rings. The zero-order valence-corrected chi connectivity index (χ0v) is 13.8. The largest absolute Gasteiger partial charge is 0.347 e. The van der Waals surface area contributed by atoms with Crippen LogP contribution in [-0.2, 0) is 14.8 Å². The lowest BCUT2D eigenvalue weighted by Gasteiger charge is -2.26. The molecule has 21 heavy (non-hydrogen) atoms. The highest BCUT2D eigenvalue weighted by atomic mass is 32.2. The minimum absolute atomic E-state index is 0.151. The SMILES string of the molecule is Cc1ccc(C)c(S(=O)(=O)N2CCCC2C(=O)N(C)C)c1. The van der Waals surface area contributed by atoms with Crippen molar-refractivity contribution in [2.24, 2.45) is 0 Å². The summed E-state index contributed by atoms with van der Waals surface area (Å²) in [4.78, 5) is 14.0. The first kappa shape index (κ1) is 16.0. The van der Waals surface area contributed by atoms with Gasteiger partial charge in [-0.15, -0.1) is 0 Å². The highest BCUT2D eigenvalue weighted by Crippen LogP contribution is 2.29. The number of aryl methyl sites for hydroxylation is 2. The van der Waals surface area contributed by atoms with Crippen molar-refractivity contribution < 1.29 is 13.2 Å². The van der Waals surface area contributed by atoms with Gasteiger partial charge in [0.1, 0.15) is 6.04 Å². The van der Waals surface area contributed by atoms with Crippen LogP contribution in [0.2, 0.25) is 0 Å². The molecule has 1 unspecified atom stereocenters. The van der Waals surface area contributed by atoms with E-state index in [1.54, 1.807) is 33.2 Å². The molecule has 0 spiro atoms. The molecule has 1 saturated heterocycles. The number of carbonyl (C=O) groups excluding carboxylic acids is 1. The van der Waals surface area contributed by atoms with Crippen molar-refractivity contribution in [3.05, 3.63) is 29.3 Å². The van der Waals surface area contributed by atoms with Crippen molar-refractivity contribution in [2.75, 3.05) is 20.6 Å². The molecule has 116 valence electrons. The molecule has 1 amide bonds. The predicted octanol–water partition coefficient (Wildman–Crippen LogP) is 1.54. The minimum Gasteiger partial charge on any atom is -0.347 e. The van der Waals surface area contributed by atoms with E-state index in [1.165, 1.54) is 9.21 Å². The van der Waals surface area contributed by atoms with Gasteiger partial charge < -0.3 is 4.90 Å². The van der Waals surface area contributed by atoms with Crippen molar-refractivity contribution in [1.29, 1.82) is 0 Å². The monoisotopic (exact) mass is 310 g/mol. The van der Waals surface area contributed by atoms with Crippen molar-refractivity contribution in [1.82, 2.24) is 9.21 Å². The Morgan fingerprint density at radius 2 is 1.95 bits per heavy atom.